The summed E-state index contributed by atoms with van der Waals surface area (Å²) < 4.78 is 30.5. The molecule has 3 rings (SSSR count). The lowest BCUT2D eigenvalue weighted by molar-refractivity contribution is -0.135. The first kappa shape index (κ1) is 64.1. The van der Waals surface area contributed by atoms with Crippen LogP contribution in [0.4, 0.5) is 5.82 Å². The predicted octanol–water partition coefficient (Wildman–Crippen LogP) is -10.6. The second-order valence-corrected chi connectivity index (χ2v) is 18.4. The molecule has 0 saturated carbocycles. The van der Waals surface area contributed by atoms with Crippen LogP contribution in [0.1, 0.15) is 33.9 Å². The van der Waals surface area contributed by atoms with Crippen LogP contribution in [0.5, 0.6) is 0 Å². The molecule has 428 valence electrons. The number of primary amides is 1. The smallest absolute Gasteiger partial charge is 0.394 e. The van der Waals surface area contributed by atoms with E-state index in [1.807, 2.05) is 0 Å². The molecule has 19 N–H and O–H groups in total. The zero-order valence-electron chi connectivity index (χ0n) is 41.4. The van der Waals surface area contributed by atoms with Gasteiger partial charge in [-0.2, -0.15) is 12.6 Å². The first-order chi connectivity index (χ1) is 36.1. The number of nitrogens with zero attached hydrogens (tertiary/aromatic N) is 4. The first-order valence-electron chi connectivity index (χ1n) is 22.7. The number of rotatable bonds is 30. The number of aliphatic hydroxyl groups is 4. The number of hydrogen-bond acceptors (Lipinski definition) is 24. The molecule has 38 heteroatoms. The Kier molecular flexibility index (Phi) is 24.9. The molecule has 77 heavy (non-hydrogen) atoms. The monoisotopic (exact) mass is 1140 g/mol. The molecule has 1 saturated heterocycles. The van der Waals surface area contributed by atoms with Gasteiger partial charge >= 0.3 is 7.82 Å². The molecular formula is C39H61N16O20PS. The standard InChI is InChI=1S/C39H61N16O20PS/c1-15(34(66)43-7-25(61)52-20(10-57)37(69)45-8-26(62)53-21(12-77)32(41)65)50-38(70)27(54-35(67)16(2)49-23(59)6-44-36(68)19(9-56)51-24(60)5-42-18(4)58)17(3)75-76(71,72)73-11-22-29(63)30(64)39(74-22)55-14-48-28-31(40)46-13-47-33(28)55/h13-17,19-22,27,29-30,39,56-57,63-64,77H,5-12H2,1-4H3,(H2,41,65)(H,42,58)(H,43,66)(H,44,68)(H,45,69)(H,49,59)(H,50,70)(H,51,60)(H,52,61)(H,53,62)(H,54,67)(H,71,72)(H2,40,46,47)/t15-,16-,17+,19-,20-,21-,22+,27-,29+,30+,39+/m0/s1. The topological polar surface area (TPSA) is 550 Å². The molecule has 12 atom stereocenters. The third kappa shape index (κ3) is 19.7. The van der Waals surface area contributed by atoms with Gasteiger partial charge in [-0.3, -0.25) is 66.4 Å². The first-order valence-corrected chi connectivity index (χ1v) is 24.8. The van der Waals surface area contributed by atoms with Gasteiger partial charge in [0.2, 0.25) is 65.0 Å². The molecule has 0 spiro atoms. The normalized spacial score (nSPS) is 19.5. The highest BCUT2D eigenvalue weighted by Gasteiger charge is 2.46. The van der Waals surface area contributed by atoms with Gasteiger partial charge in [-0.1, -0.05) is 0 Å². The molecule has 0 aromatic carbocycles. The maximum atomic E-state index is 13.8. The minimum atomic E-state index is -5.36. The van der Waals surface area contributed by atoms with Crippen molar-refractivity contribution in [2.45, 2.75) is 94.6 Å². The fourth-order valence-corrected chi connectivity index (χ4v) is 7.67. The van der Waals surface area contributed by atoms with E-state index in [-0.39, 0.29) is 22.7 Å². The quantitative estimate of drug-likeness (QED) is 0.0255. The Morgan fingerprint density at radius 3 is 1.74 bits per heavy atom. The van der Waals surface area contributed by atoms with Crippen molar-refractivity contribution < 1.29 is 96.4 Å². The van der Waals surface area contributed by atoms with Crippen molar-refractivity contribution in [3.63, 3.8) is 0 Å². The van der Waals surface area contributed by atoms with Gasteiger partial charge in [0.15, 0.2) is 17.7 Å². The van der Waals surface area contributed by atoms with Gasteiger partial charge in [0.1, 0.15) is 66.4 Å². The summed E-state index contributed by atoms with van der Waals surface area (Å²) in [4.78, 5) is 160. The number of aliphatic hydroxyl groups excluding tert-OH is 4. The minimum Gasteiger partial charge on any atom is -0.394 e. The van der Waals surface area contributed by atoms with Crippen molar-refractivity contribution in [2.24, 2.45) is 5.73 Å². The Bertz CT molecular complexity index is 2550. The van der Waals surface area contributed by atoms with E-state index in [0.717, 1.165) is 34.0 Å². The largest absolute Gasteiger partial charge is 0.472 e. The average Bonchev–Trinajstić information content (AvgIpc) is 3.93. The summed E-state index contributed by atoms with van der Waals surface area (Å²) in [5.41, 5.74) is 11.2. The van der Waals surface area contributed by atoms with E-state index in [9.17, 15) is 82.6 Å². The van der Waals surface area contributed by atoms with E-state index >= 15 is 0 Å². The summed E-state index contributed by atoms with van der Waals surface area (Å²) >= 11 is 3.88. The van der Waals surface area contributed by atoms with Gasteiger partial charge in [0, 0.05) is 12.7 Å². The highest BCUT2D eigenvalue weighted by Crippen LogP contribution is 2.46. The third-order valence-corrected chi connectivity index (χ3v) is 12.0. The zero-order chi connectivity index (χ0) is 57.9. The number of phosphoric ester groups is 1. The summed E-state index contributed by atoms with van der Waals surface area (Å²) in [7, 11) is -5.36. The van der Waals surface area contributed by atoms with Crippen LogP contribution < -0.4 is 64.6 Å². The summed E-state index contributed by atoms with van der Waals surface area (Å²) in [5, 5.41) is 62.4. The number of nitrogen functional groups attached to an aromatic ring is 1. The molecule has 1 aliphatic heterocycles. The number of ether oxygens (including phenoxy) is 1. The van der Waals surface area contributed by atoms with Crippen LogP contribution in [0.2, 0.25) is 0 Å². The average molecular weight is 1140 g/mol. The van der Waals surface area contributed by atoms with Gasteiger partial charge < -0.3 is 94.7 Å². The molecule has 0 aliphatic carbocycles. The lowest BCUT2D eigenvalue weighted by Gasteiger charge is -2.28. The number of anilines is 1. The number of carbonyl (C=O) groups is 11. The van der Waals surface area contributed by atoms with Gasteiger partial charge in [-0.15, -0.1) is 0 Å². The van der Waals surface area contributed by atoms with Gasteiger partial charge in [0.05, 0.1) is 58.4 Å². The van der Waals surface area contributed by atoms with Crippen molar-refractivity contribution >= 4 is 102 Å². The number of thiol groups is 1. The lowest BCUT2D eigenvalue weighted by atomic mass is 10.1. The summed E-state index contributed by atoms with van der Waals surface area (Å²) in [6, 6.07) is -9.59. The van der Waals surface area contributed by atoms with E-state index in [4.69, 9.17) is 25.3 Å². The van der Waals surface area contributed by atoms with Crippen molar-refractivity contribution in [3.8, 4) is 0 Å². The fraction of sp³-hybridized carbons (Fsp3) is 0.590. The molecule has 3 heterocycles. The van der Waals surface area contributed by atoms with Crippen LogP contribution in [0.3, 0.4) is 0 Å². The molecule has 2 aromatic rings. The van der Waals surface area contributed by atoms with E-state index in [1.165, 1.54) is 10.9 Å². The Morgan fingerprint density at radius 2 is 1.22 bits per heavy atom. The van der Waals surface area contributed by atoms with Crippen LogP contribution in [0, 0.1) is 0 Å². The number of aromatic nitrogens is 4. The second-order valence-electron chi connectivity index (χ2n) is 16.6. The number of nitrogens with two attached hydrogens (primary N) is 2. The highest BCUT2D eigenvalue weighted by atomic mass is 32.1. The maximum Gasteiger partial charge on any atom is 0.472 e. The van der Waals surface area contributed by atoms with Crippen LogP contribution in [-0.2, 0) is 71.1 Å². The SMILES string of the molecule is CC(=O)NCC(=O)N[C@@H](CO)C(=O)NCC(=O)N[C@@H](C)C(=O)N[C@H](C(=O)N[C@@H](C)C(=O)NCC(=O)N[C@@H](CO)C(=O)NCC(=O)N[C@@H](CS)C(N)=O)[C@@H](C)OP(=O)(O)OC[C@H]1O[C@@H](n2cnc3c(N)ncnc32)[C@H](O)[C@@H]1O. The number of nitrogens with one attached hydrogen (secondary N) is 10. The van der Waals surface area contributed by atoms with Crippen LogP contribution in [0.25, 0.3) is 11.2 Å². The van der Waals surface area contributed by atoms with Crippen molar-refractivity contribution in [3.05, 3.63) is 12.7 Å². The Labute approximate surface area is 441 Å². The zero-order valence-corrected chi connectivity index (χ0v) is 43.1. The number of fused-ring (bicyclic) bond motifs is 1. The molecule has 0 radical (unpaired) electrons. The summed E-state index contributed by atoms with van der Waals surface area (Å²) in [5.74, 6) is -11.1. The molecule has 1 unspecified atom stereocenters. The fourth-order valence-electron chi connectivity index (χ4n) is 6.46. The van der Waals surface area contributed by atoms with Crippen LogP contribution >= 0.6 is 20.5 Å². The summed E-state index contributed by atoms with van der Waals surface area (Å²) in [6.45, 7) is -1.47. The summed E-state index contributed by atoms with van der Waals surface area (Å²) in [6.07, 6.45) is -5.92. The number of amides is 11. The highest BCUT2D eigenvalue weighted by molar-refractivity contribution is 7.80. The second kappa shape index (κ2) is 29.9. The molecule has 1 fully saturated rings. The lowest BCUT2D eigenvalue weighted by Crippen LogP contribution is -2.60. The maximum absolute atomic E-state index is 13.8. The number of hydrogen-bond donors (Lipinski definition) is 18. The van der Waals surface area contributed by atoms with Gasteiger partial charge in [0.25, 0.3) is 0 Å². The van der Waals surface area contributed by atoms with Crippen LogP contribution in [-0.4, -0.2) is 222 Å². The van der Waals surface area contributed by atoms with Crippen molar-refractivity contribution in [2.75, 3.05) is 57.5 Å². The van der Waals surface area contributed by atoms with E-state index in [1.54, 1.807) is 0 Å². The van der Waals surface area contributed by atoms with E-state index in [2.05, 4.69) is 80.7 Å². The number of carbonyl (C=O) groups excluding carboxylic acids is 11. The molecular weight excluding hydrogens is 1080 g/mol. The van der Waals surface area contributed by atoms with E-state index in [0.29, 0.717) is 0 Å². The Balaban J connectivity index is 1.69. The van der Waals surface area contributed by atoms with E-state index < -0.39 is 186 Å². The number of phosphoric acid groups is 1. The van der Waals surface area contributed by atoms with Crippen LogP contribution in [0.15, 0.2) is 12.7 Å². The Morgan fingerprint density at radius 1 is 0.714 bits per heavy atom. The predicted molar refractivity (Wildman–Crippen MR) is 260 cm³/mol. The van der Waals surface area contributed by atoms with Gasteiger partial charge in [-0.25, -0.2) is 19.5 Å². The molecule has 0 bridgehead atoms. The molecule has 36 nitrogen and oxygen atoms in total. The minimum absolute atomic E-state index is 0.0101. The molecule has 11 amide bonds. The third-order valence-electron chi connectivity index (χ3n) is 10.6. The Hall–Kier alpha value is -7.22. The van der Waals surface area contributed by atoms with Crippen molar-refractivity contribution in [1.82, 2.24) is 72.7 Å². The van der Waals surface area contributed by atoms with Gasteiger partial charge in [-0.05, 0) is 20.8 Å². The molecule has 2 aromatic heterocycles. The number of imidazole rings is 1. The van der Waals surface area contributed by atoms with Crippen molar-refractivity contribution in [1.29, 1.82) is 0 Å². The molecule has 1 aliphatic rings.